The van der Waals surface area contributed by atoms with Crippen molar-refractivity contribution in [3.8, 4) is 0 Å². The molecule has 0 aromatic carbocycles. The van der Waals surface area contributed by atoms with E-state index in [1.54, 1.807) is 23.6 Å². The minimum absolute atomic E-state index is 0.188. The Morgan fingerprint density at radius 1 is 1.35 bits per heavy atom. The maximum absolute atomic E-state index is 12.0. The quantitative estimate of drug-likeness (QED) is 0.747. The summed E-state index contributed by atoms with van der Waals surface area (Å²) in [7, 11) is 0. The fourth-order valence-corrected chi connectivity index (χ4v) is 3.03. The molecule has 1 unspecified atom stereocenters. The third-order valence-corrected chi connectivity index (χ3v) is 4.03. The maximum Gasteiger partial charge on any atom is 0.410 e. The van der Waals surface area contributed by atoms with E-state index < -0.39 is 5.60 Å². The van der Waals surface area contributed by atoms with Crippen LogP contribution in [0.4, 0.5) is 4.79 Å². The number of hydrogen-bond acceptors (Lipinski definition) is 5. The zero-order valence-electron chi connectivity index (χ0n) is 12.8. The number of carbonyl (C=O) groups excluding carboxylic acids is 2. The SMILES string of the molecule is CCOC(=O)CSC1CCCN(C(=O)OC(C)(C)C)C1. The molecule has 1 rings (SSSR count). The molecule has 6 heteroatoms. The Hall–Kier alpha value is -0.910. The summed E-state index contributed by atoms with van der Waals surface area (Å²) < 4.78 is 10.3. The highest BCUT2D eigenvalue weighted by molar-refractivity contribution is 8.00. The highest BCUT2D eigenvalue weighted by Crippen LogP contribution is 2.24. The second kappa shape index (κ2) is 7.76. The van der Waals surface area contributed by atoms with Crippen molar-refractivity contribution < 1.29 is 19.1 Å². The van der Waals surface area contributed by atoms with E-state index in [1.165, 1.54) is 0 Å². The van der Waals surface area contributed by atoms with Gasteiger partial charge in [-0.3, -0.25) is 4.79 Å². The normalized spacial score (nSPS) is 19.6. The number of carbonyl (C=O) groups is 2. The molecule has 0 radical (unpaired) electrons. The van der Waals surface area contributed by atoms with Gasteiger partial charge < -0.3 is 14.4 Å². The molecule has 5 nitrogen and oxygen atoms in total. The van der Waals surface area contributed by atoms with Crippen LogP contribution >= 0.6 is 11.8 Å². The number of hydrogen-bond donors (Lipinski definition) is 0. The average Bonchev–Trinajstić information content (AvgIpc) is 2.35. The van der Waals surface area contributed by atoms with Crippen LogP contribution in [0, 0.1) is 0 Å². The molecule has 1 fully saturated rings. The molecule has 0 aromatic heterocycles. The summed E-state index contributed by atoms with van der Waals surface area (Å²) in [6.45, 7) is 9.16. The van der Waals surface area contributed by atoms with Gasteiger partial charge in [0.1, 0.15) is 5.60 Å². The van der Waals surface area contributed by atoms with E-state index in [0.717, 1.165) is 19.4 Å². The van der Waals surface area contributed by atoms with Gasteiger partial charge in [-0.25, -0.2) is 4.79 Å². The summed E-state index contributed by atoms with van der Waals surface area (Å²) in [5, 5.41) is 0.278. The van der Waals surface area contributed by atoms with Gasteiger partial charge in [-0.2, -0.15) is 0 Å². The van der Waals surface area contributed by atoms with Crippen molar-refractivity contribution in [3.05, 3.63) is 0 Å². The summed E-state index contributed by atoms with van der Waals surface area (Å²) in [5.74, 6) is 0.160. The number of rotatable bonds is 4. The van der Waals surface area contributed by atoms with Crippen molar-refractivity contribution >= 4 is 23.8 Å². The van der Waals surface area contributed by atoms with Crippen LogP contribution in [0.2, 0.25) is 0 Å². The Labute approximate surface area is 125 Å². The molecule has 1 saturated heterocycles. The predicted octanol–water partition coefficient (Wildman–Crippen LogP) is 2.68. The van der Waals surface area contributed by atoms with Gasteiger partial charge in [0.25, 0.3) is 0 Å². The van der Waals surface area contributed by atoms with Crippen LogP contribution in [0.25, 0.3) is 0 Å². The van der Waals surface area contributed by atoms with Crippen molar-refractivity contribution in [2.24, 2.45) is 0 Å². The zero-order chi connectivity index (χ0) is 15.2. The molecule has 0 N–H and O–H groups in total. The van der Waals surface area contributed by atoms with E-state index in [-0.39, 0.29) is 17.3 Å². The van der Waals surface area contributed by atoms with Crippen LogP contribution in [-0.2, 0) is 14.3 Å². The molecular weight excluding hydrogens is 278 g/mol. The lowest BCUT2D eigenvalue weighted by atomic mass is 10.1. The molecule has 0 saturated carbocycles. The average molecular weight is 303 g/mol. The van der Waals surface area contributed by atoms with E-state index in [9.17, 15) is 9.59 Å². The Kier molecular flexibility index (Phi) is 6.65. The minimum atomic E-state index is -0.470. The van der Waals surface area contributed by atoms with Crippen molar-refractivity contribution in [2.45, 2.75) is 51.4 Å². The van der Waals surface area contributed by atoms with Gasteiger partial charge in [-0.1, -0.05) is 0 Å². The summed E-state index contributed by atoms with van der Waals surface area (Å²) in [6, 6.07) is 0. The molecule has 1 aliphatic rings. The molecule has 116 valence electrons. The predicted molar refractivity (Wildman–Crippen MR) is 79.9 cm³/mol. The molecule has 20 heavy (non-hydrogen) atoms. The largest absolute Gasteiger partial charge is 0.465 e. The van der Waals surface area contributed by atoms with Crippen LogP contribution < -0.4 is 0 Å². The molecule has 0 aliphatic carbocycles. The Morgan fingerprint density at radius 3 is 2.65 bits per heavy atom. The lowest BCUT2D eigenvalue weighted by molar-refractivity contribution is -0.139. The highest BCUT2D eigenvalue weighted by atomic mass is 32.2. The van der Waals surface area contributed by atoms with Crippen molar-refractivity contribution in [3.63, 3.8) is 0 Å². The topological polar surface area (TPSA) is 55.8 Å². The summed E-state index contributed by atoms with van der Waals surface area (Å²) in [4.78, 5) is 25.1. The number of amides is 1. The van der Waals surface area contributed by atoms with Gasteiger partial charge in [0.05, 0.1) is 12.4 Å². The zero-order valence-corrected chi connectivity index (χ0v) is 13.6. The molecule has 0 aromatic rings. The fourth-order valence-electron chi connectivity index (χ4n) is 1.96. The van der Waals surface area contributed by atoms with Crippen LogP contribution in [0.5, 0.6) is 0 Å². The van der Waals surface area contributed by atoms with Gasteiger partial charge in [0, 0.05) is 18.3 Å². The first kappa shape index (κ1) is 17.1. The standard InChI is InChI=1S/C14H25NO4S/c1-5-18-12(16)10-20-11-7-6-8-15(9-11)13(17)19-14(2,3)4/h11H,5-10H2,1-4H3. The lowest BCUT2D eigenvalue weighted by Gasteiger charge is -2.33. The second-order valence-corrected chi connectivity index (χ2v) is 7.10. The van der Waals surface area contributed by atoms with E-state index in [4.69, 9.17) is 9.47 Å². The van der Waals surface area contributed by atoms with Crippen LogP contribution in [0.1, 0.15) is 40.5 Å². The number of thioether (sulfide) groups is 1. The van der Waals surface area contributed by atoms with E-state index in [0.29, 0.717) is 18.9 Å². The molecule has 0 spiro atoms. The lowest BCUT2D eigenvalue weighted by Crippen LogP contribution is -2.44. The van der Waals surface area contributed by atoms with Crippen LogP contribution in [-0.4, -0.2) is 53.3 Å². The van der Waals surface area contributed by atoms with E-state index in [2.05, 4.69) is 0 Å². The van der Waals surface area contributed by atoms with Crippen LogP contribution in [0.15, 0.2) is 0 Å². The first-order valence-corrected chi connectivity index (χ1v) is 8.12. The fraction of sp³-hybridized carbons (Fsp3) is 0.857. The second-order valence-electron chi connectivity index (χ2n) is 5.81. The number of ether oxygens (including phenoxy) is 2. The number of likely N-dealkylation sites (tertiary alicyclic amines) is 1. The Bertz CT molecular complexity index is 341. The van der Waals surface area contributed by atoms with E-state index in [1.807, 2.05) is 20.8 Å². The first-order chi connectivity index (χ1) is 9.31. The van der Waals surface area contributed by atoms with Crippen molar-refractivity contribution in [2.75, 3.05) is 25.4 Å². The van der Waals surface area contributed by atoms with Gasteiger partial charge >= 0.3 is 12.1 Å². The number of nitrogens with zero attached hydrogens (tertiary/aromatic N) is 1. The third kappa shape index (κ3) is 6.50. The summed E-state index contributed by atoms with van der Waals surface area (Å²) >= 11 is 1.56. The maximum atomic E-state index is 12.0. The van der Waals surface area contributed by atoms with Crippen molar-refractivity contribution in [1.82, 2.24) is 4.90 Å². The van der Waals surface area contributed by atoms with Crippen molar-refractivity contribution in [1.29, 1.82) is 0 Å². The highest BCUT2D eigenvalue weighted by Gasteiger charge is 2.28. The summed E-state index contributed by atoms with van der Waals surface area (Å²) in [5.41, 5.74) is -0.470. The third-order valence-electron chi connectivity index (χ3n) is 2.77. The Morgan fingerprint density at radius 2 is 2.05 bits per heavy atom. The molecule has 1 amide bonds. The molecular formula is C14H25NO4S. The van der Waals surface area contributed by atoms with Gasteiger partial charge in [-0.15, -0.1) is 11.8 Å². The van der Waals surface area contributed by atoms with Gasteiger partial charge in [-0.05, 0) is 40.5 Å². The van der Waals surface area contributed by atoms with E-state index >= 15 is 0 Å². The summed E-state index contributed by atoms with van der Waals surface area (Å²) in [6.07, 6.45) is 1.70. The Balaban J connectivity index is 2.38. The molecule has 1 aliphatic heterocycles. The minimum Gasteiger partial charge on any atom is -0.465 e. The molecule has 1 atom stereocenters. The van der Waals surface area contributed by atoms with Gasteiger partial charge in [0.2, 0.25) is 0 Å². The molecule has 0 bridgehead atoms. The van der Waals surface area contributed by atoms with Crippen LogP contribution in [0.3, 0.4) is 0 Å². The smallest absolute Gasteiger partial charge is 0.410 e. The monoisotopic (exact) mass is 303 g/mol. The van der Waals surface area contributed by atoms with Gasteiger partial charge in [0.15, 0.2) is 0 Å². The number of esters is 1. The first-order valence-electron chi connectivity index (χ1n) is 7.07. The number of piperidine rings is 1. The molecule has 1 heterocycles.